The Balaban J connectivity index is 1.54. The Bertz CT molecular complexity index is 735. The molecule has 1 unspecified atom stereocenters. The summed E-state index contributed by atoms with van der Waals surface area (Å²) < 4.78 is 29.5. The van der Waals surface area contributed by atoms with E-state index >= 15 is 0 Å². The molecule has 3 rings (SSSR count). The third kappa shape index (κ3) is 4.73. The molecule has 26 heavy (non-hydrogen) atoms. The Morgan fingerprint density at radius 1 is 1.23 bits per heavy atom. The van der Waals surface area contributed by atoms with E-state index < -0.39 is 0 Å². The first-order valence-corrected chi connectivity index (χ1v) is 8.55. The van der Waals surface area contributed by atoms with Gasteiger partial charge in [0.2, 0.25) is 5.91 Å². The van der Waals surface area contributed by atoms with Gasteiger partial charge in [-0.3, -0.25) is 4.79 Å². The fraction of sp³-hybridized carbons (Fsp3) is 0.350. The number of rotatable bonds is 6. The first kappa shape index (κ1) is 18.2. The lowest BCUT2D eigenvalue weighted by Crippen LogP contribution is -2.48. The minimum absolute atomic E-state index is 0.0320. The van der Waals surface area contributed by atoms with Crippen LogP contribution in [0.25, 0.3) is 0 Å². The summed E-state index contributed by atoms with van der Waals surface area (Å²) in [6, 6.07) is 13.4. The Labute approximate surface area is 152 Å². The highest BCUT2D eigenvalue weighted by Crippen LogP contribution is 2.19. The van der Waals surface area contributed by atoms with Gasteiger partial charge < -0.3 is 19.1 Å². The van der Waals surface area contributed by atoms with Crippen molar-refractivity contribution < 1.29 is 23.4 Å². The SMILES string of the molecule is COc1ccccc1CC(=O)N1CCOC(COc2ccc(F)cc2)C1. The van der Waals surface area contributed by atoms with Gasteiger partial charge in [-0.05, 0) is 30.3 Å². The summed E-state index contributed by atoms with van der Waals surface area (Å²) in [5.41, 5.74) is 0.866. The second-order valence-corrected chi connectivity index (χ2v) is 6.09. The monoisotopic (exact) mass is 359 g/mol. The van der Waals surface area contributed by atoms with Crippen LogP contribution in [0.4, 0.5) is 4.39 Å². The lowest BCUT2D eigenvalue weighted by atomic mass is 10.1. The number of carbonyl (C=O) groups excluding carboxylic acids is 1. The van der Waals surface area contributed by atoms with Crippen LogP contribution in [0.5, 0.6) is 11.5 Å². The number of benzene rings is 2. The molecule has 1 fully saturated rings. The Hall–Kier alpha value is -2.60. The number of ether oxygens (including phenoxy) is 3. The summed E-state index contributed by atoms with van der Waals surface area (Å²) in [6.07, 6.45) is 0.0747. The fourth-order valence-electron chi connectivity index (χ4n) is 2.89. The van der Waals surface area contributed by atoms with Gasteiger partial charge in [0.05, 0.1) is 26.7 Å². The normalized spacial score (nSPS) is 17.0. The summed E-state index contributed by atoms with van der Waals surface area (Å²) in [5.74, 6) is 1.02. The second kappa shape index (κ2) is 8.67. The number of para-hydroxylation sites is 1. The quantitative estimate of drug-likeness (QED) is 0.796. The van der Waals surface area contributed by atoms with Gasteiger partial charge in [-0.1, -0.05) is 18.2 Å². The highest BCUT2D eigenvalue weighted by molar-refractivity contribution is 5.79. The molecular formula is C20H22FNO4. The van der Waals surface area contributed by atoms with Gasteiger partial charge in [-0.25, -0.2) is 4.39 Å². The molecule has 0 bridgehead atoms. The number of nitrogens with zero attached hydrogens (tertiary/aromatic N) is 1. The molecule has 1 aliphatic heterocycles. The zero-order valence-corrected chi connectivity index (χ0v) is 14.7. The number of hydrogen-bond acceptors (Lipinski definition) is 4. The van der Waals surface area contributed by atoms with Crippen LogP contribution >= 0.6 is 0 Å². The predicted molar refractivity (Wildman–Crippen MR) is 94.9 cm³/mol. The molecule has 0 spiro atoms. The third-order valence-corrected chi connectivity index (χ3v) is 4.28. The molecule has 2 aromatic carbocycles. The Morgan fingerprint density at radius 2 is 2.00 bits per heavy atom. The summed E-state index contributed by atoms with van der Waals surface area (Å²) >= 11 is 0. The molecular weight excluding hydrogens is 337 g/mol. The van der Waals surface area contributed by atoms with Gasteiger partial charge in [0.15, 0.2) is 0 Å². The minimum atomic E-state index is -0.306. The number of carbonyl (C=O) groups is 1. The van der Waals surface area contributed by atoms with Gasteiger partial charge in [0.1, 0.15) is 30.0 Å². The van der Waals surface area contributed by atoms with Gasteiger partial charge in [0, 0.05) is 12.1 Å². The van der Waals surface area contributed by atoms with Crippen molar-refractivity contribution >= 4 is 5.91 Å². The first-order chi connectivity index (χ1) is 12.7. The number of morpholine rings is 1. The van der Waals surface area contributed by atoms with Crippen molar-refractivity contribution in [3.63, 3.8) is 0 Å². The van der Waals surface area contributed by atoms with Gasteiger partial charge in [0.25, 0.3) is 0 Å². The van der Waals surface area contributed by atoms with E-state index in [1.165, 1.54) is 12.1 Å². The summed E-state index contributed by atoms with van der Waals surface area (Å²) in [5, 5.41) is 0. The molecule has 6 heteroatoms. The summed E-state index contributed by atoms with van der Waals surface area (Å²) in [6.45, 7) is 1.80. The van der Waals surface area contributed by atoms with Crippen LogP contribution in [0.2, 0.25) is 0 Å². The van der Waals surface area contributed by atoms with Crippen LogP contribution in [-0.4, -0.2) is 50.3 Å². The number of hydrogen-bond donors (Lipinski definition) is 0. The van der Waals surface area contributed by atoms with Crippen molar-refractivity contribution in [2.24, 2.45) is 0 Å². The van der Waals surface area contributed by atoms with Gasteiger partial charge >= 0.3 is 0 Å². The molecule has 5 nitrogen and oxygen atoms in total. The van der Waals surface area contributed by atoms with Crippen LogP contribution in [0.1, 0.15) is 5.56 Å². The standard InChI is InChI=1S/C20H22FNO4/c1-24-19-5-3-2-4-15(19)12-20(23)22-10-11-25-18(13-22)14-26-17-8-6-16(21)7-9-17/h2-9,18H,10-14H2,1H3. The predicted octanol–water partition coefficient (Wildman–Crippen LogP) is 2.68. The molecule has 0 aliphatic carbocycles. The second-order valence-electron chi connectivity index (χ2n) is 6.09. The lowest BCUT2D eigenvalue weighted by Gasteiger charge is -2.33. The first-order valence-electron chi connectivity index (χ1n) is 8.55. The minimum Gasteiger partial charge on any atom is -0.496 e. The van der Waals surface area contributed by atoms with E-state index in [1.807, 2.05) is 24.3 Å². The number of amides is 1. The summed E-state index contributed by atoms with van der Waals surface area (Å²) in [7, 11) is 1.60. The Morgan fingerprint density at radius 3 is 2.77 bits per heavy atom. The fourth-order valence-corrected chi connectivity index (χ4v) is 2.89. The maximum atomic E-state index is 12.9. The highest BCUT2D eigenvalue weighted by Gasteiger charge is 2.25. The van der Waals surface area contributed by atoms with Gasteiger partial charge in [-0.2, -0.15) is 0 Å². The molecule has 1 aliphatic rings. The maximum absolute atomic E-state index is 12.9. The molecule has 1 saturated heterocycles. The third-order valence-electron chi connectivity index (χ3n) is 4.28. The molecule has 1 atom stereocenters. The highest BCUT2D eigenvalue weighted by atomic mass is 19.1. The molecule has 2 aromatic rings. The molecule has 0 radical (unpaired) electrons. The van der Waals surface area contributed by atoms with Crippen LogP contribution in [0, 0.1) is 5.82 Å². The van der Waals surface area contributed by atoms with Crippen molar-refractivity contribution in [3.05, 3.63) is 59.9 Å². The van der Waals surface area contributed by atoms with E-state index in [0.717, 1.165) is 5.56 Å². The zero-order valence-electron chi connectivity index (χ0n) is 14.7. The molecule has 0 aromatic heterocycles. The van der Waals surface area contributed by atoms with Gasteiger partial charge in [-0.15, -0.1) is 0 Å². The van der Waals surface area contributed by atoms with Crippen molar-refractivity contribution in [3.8, 4) is 11.5 Å². The maximum Gasteiger partial charge on any atom is 0.227 e. The zero-order chi connectivity index (χ0) is 18.4. The molecule has 1 heterocycles. The van der Waals surface area contributed by atoms with Crippen molar-refractivity contribution in [1.29, 1.82) is 0 Å². The van der Waals surface area contributed by atoms with Crippen LogP contribution in [0.15, 0.2) is 48.5 Å². The van der Waals surface area contributed by atoms with Crippen LogP contribution < -0.4 is 9.47 Å². The van der Waals surface area contributed by atoms with Crippen molar-refractivity contribution in [2.45, 2.75) is 12.5 Å². The average Bonchev–Trinajstić information content (AvgIpc) is 2.68. The molecule has 0 saturated carbocycles. The van der Waals surface area contributed by atoms with Crippen LogP contribution in [-0.2, 0) is 16.0 Å². The topological polar surface area (TPSA) is 48.0 Å². The molecule has 1 amide bonds. The number of halogens is 1. The van der Waals surface area contributed by atoms with E-state index in [0.29, 0.717) is 37.8 Å². The van der Waals surface area contributed by atoms with E-state index in [4.69, 9.17) is 14.2 Å². The number of methoxy groups -OCH3 is 1. The van der Waals surface area contributed by atoms with Crippen LogP contribution in [0.3, 0.4) is 0 Å². The van der Waals surface area contributed by atoms with Crippen molar-refractivity contribution in [1.82, 2.24) is 4.90 Å². The average molecular weight is 359 g/mol. The summed E-state index contributed by atoms with van der Waals surface area (Å²) in [4.78, 5) is 14.4. The smallest absolute Gasteiger partial charge is 0.227 e. The molecule has 138 valence electrons. The van der Waals surface area contributed by atoms with E-state index in [9.17, 15) is 9.18 Å². The van der Waals surface area contributed by atoms with E-state index in [2.05, 4.69) is 0 Å². The largest absolute Gasteiger partial charge is 0.496 e. The Kier molecular flexibility index (Phi) is 6.07. The van der Waals surface area contributed by atoms with E-state index in [-0.39, 0.29) is 24.2 Å². The lowest BCUT2D eigenvalue weighted by molar-refractivity contribution is -0.139. The molecule has 0 N–H and O–H groups in total. The van der Waals surface area contributed by atoms with E-state index in [1.54, 1.807) is 24.1 Å². The van der Waals surface area contributed by atoms with Crippen molar-refractivity contribution in [2.75, 3.05) is 33.4 Å².